The summed E-state index contributed by atoms with van der Waals surface area (Å²) in [6.45, 7) is 5.13. The maximum absolute atomic E-state index is 11.5. The van der Waals surface area contributed by atoms with Crippen molar-refractivity contribution in [3.05, 3.63) is 23.5 Å². The van der Waals surface area contributed by atoms with Crippen LogP contribution in [0, 0.1) is 0 Å². The van der Waals surface area contributed by atoms with Crippen LogP contribution in [0.4, 0.5) is 0 Å². The second-order valence-corrected chi connectivity index (χ2v) is 3.60. The van der Waals surface area contributed by atoms with Gasteiger partial charge in [-0.05, 0) is 25.0 Å². The van der Waals surface area contributed by atoms with E-state index in [1.807, 2.05) is 12.1 Å². The standard InChI is InChI=1S/C12H19NO2/c1-4-6-10-7-8-11(12(14)15-3)13(10)9-5-2/h7-8H,4-6,9H2,1-3H3. The number of nitrogens with zero attached hydrogens (tertiary/aromatic N) is 1. The number of carbonyl (C=O) groups excluding carboxylic acids is 1. The van der Waals surface area contributed by atoms with E-state index in [2.05, 4.69) is 18.4 Å². The van der Waals surface area contributed by atoms with Crippen LogP contribution in [-0.2, 0) is 17.7 Å². The second kappa shape index (κ2) is 5.59. The van der Waals surface area contributed by atoms with E-state index in [0.717, 1.165) is 25.8 Å². The Balaban J connectivity index is 2.99. The van der Waals surface area contributed by atoms with E-state index in [-0.39, 0.29) is 5.97 Å². The molecule has 0 aliphatic heterocycles. The topological polar surface area (TPSA) is 31.2 Å². The molecule has 0 aromatic carbocycles. The highest BCUT2D eigenvalue weighted by atomic mass is 16.5. The molecule has 0 unspecified atom stereocenters. The van der Waals surface area contributed by atoms with Gasteiger partial charge in [-0.25, -0.2) is 4.79 Å². The zero-order valence-electron chi connectivity index (χ0n) is 9.75. The first-order valence-corrected chi connectivity index (χ1v) is 5.51. The Morgan fingerprint density at radius 3 is 2.60 bits per heavy atom. The van der Waals surface area contributed by atoms with Crippen LogP contribution in [-0.4, -0.2) is 17.6 Å². The van der Waals surface area contributed by atoms with Crippen molar-refractivity contribution in [1.82, 2.24) is 4.57 Å². The van der Waals surface area contributed by atoms with Crippen LogP contribution in [0.5, 0.6) is 0 Å². The zero-order valence-corrected chi connectivity index (χ0v) is 9.75. The third kappa shape index (κ3) is 2.61. The van der Waals surface area contributed by atoms with E-state index in [9.17, 15) is 4.79 Å². The summed E-state index contributed by atoms with van der Waals surface area (Å²) in [4.78, 5) is 11.5. The SMILES string of the molecule is CCCc1ccc(C(=O)OC)n1CCC. The number of hydrogen-bond donors (Lipinski definition) is 0. The fourth-order valence-electron chi connectivity index (χ4n) is 1.75. The normalized spacial score (nSPS) is 10.3. The average Bonchev–Trinajstić information content (AvgIpc) is 2.62. The third-order valence-corrected chi connectivity index (χ3v) is 2.42. The summed E-state index contributed by atoms with van der Waals surface area (Å²) in [7, 11) is 1.42. The molecule has 0 saturated heterocycles. The van der Waals surface area contributed by atoms with Crippen molar-refractivity contribution in [2.24, 2.45) is 0 Å². The maximum atomic E-state index is 11.5. The van der Waals surface area contributed by atoms with Crippen molar-refractivity contribution >= 4 is 5.97 Å². The molecule has 1 aromatic rings. The highest BCUT2D eigenvalue weighted by Gasteiger charge is 2.13. The van der Waals surface area contributed by atoms with Gasteiger partial charge in [0.05, 0.1) is 7.11 Å². The third-order valence-electron chi connectivity index (χ3n) is 2.42. The molecule has 0 N–H and O–H groups in total. The number of rotatable bonds is 5. The van der Waals surface area contributed by atoms with Gasteiger partial charge in [-0.15, -0.1) is 0 Å². The van der Waals surface area contributed by atoms with Gasteiger partial charge in [0.15, 0.2) is 0 Å². The van der Waals surface area contributed by atoms with Crippen LogP contribution < -0.4 is 0 Å². The molecule has 0 saturated carbocycles. The number of aromatic nitrogens is 1. The molecule has 1 heterocycles. The van der Waals surface area contributed by atoms with Crippen LogP contribution in [0.15, 0.2) is 12.1 Å². The molecule has 0 bridgehead atoms. The number of methoxy groups -OCH3 is 1. The molecule has 0 aliphatic rings. The van der Waals surface area contributed by atoms with Crippen molar-refractivity contribution in [1.29, 1.82) is 0 Å². The number of carbonyl (C=O) groups is 1. The summed E-state index contributed by atoms with van der Waals surface area (Å²) in [6, 6.07) is 3.87. The quantitative estimate of drug-likeness (QED) is 0.698. The van der Waals surface area contributed by atoms with E-state index in [0.29, 0.717) is 5.69 Å². The van der Waals surface area contributed by atoms with Crippen LogP contribution in [0.3, 0.4) is 0 Å². The van der Waals surface area contributed by atoms with E-state index in [1.54, 1.807) is 0 Å². The monoisotopic (exact) mass is 209 g/mol. The minimum atomic E-state index is -0.245. The lowest BCUT2D eigenvalue weighted by Gasteiger charge is -2.10. The minimum absolute atomic E-state index is 0.245. The Labute approximate surface area is 91.0 Å². The summed E-state index contributed by atoms with van der Waals surface area (Å²) in [6.07, 6.45) is 3.13. The summed E-state index contributed by atoms with van der Waals surface area (Å²) < 4.78 is 6.82. The first-order valence-electron chi connectivity index (χ1n) is 5.51. The Kier molecular flexibility index (Phi) is 4.40. The number of aryl methyl sites for hydroxylation is 1. The predicted molar refractivity (Wildman–Crippen MR) is 60.1 cm³/mol. The largest absolute Gasteiger partial charge is 0.464 e. The molecule has 3 nitrogen and oxygen atoms in total. The lowest BCUT2D eigenvalue weighted by atomic mass is 10.2. The molecule has 0 fully saturated rings. The first kappa shape index (κ1) is 11.8. The number of ether oxygens (including phenoxy) is 1. The predicted octanol–water partition coefficient (Wildman–Crippen LogP) is 2.64. The van der Waals surface area contributed by atoms with Crippen molar-refractivity contribution in [2.75, 3.05) is 7.11 Å². The van der Waals surface area contributed by atoms with E-state index in [4.69, 9.17) is 4.74 Å². The van der Waals surface area contributed by atoms with Gasteiger partial charge >= 0.3 is 5.97 Å². The molecule has 0 amide bonds. The van der Waals surface area contributed by atoms with E-state index < -0.39 is 0 Å². The van der Waals surface area contributed by atoms with Gasteiger partial charge in [0.25, 0.3) is 0 Å². The molecule has 0 radical (unpaired) electrons. The lowest BCUT2D eigenvalue weighted by molar-refractivity contribution is 0.0588. The molecule has 0 aliphatic carbocycles. The Morgan fingerprint density at radius 2 is 2.07 bits per heavy atom. The Bertz CT molecular complexity index is 328. The molecule has 0 spiro atoms. The lowest BCUT2D eigenvalue weighted by Crippen LogP contribution is -2.12. The minimum Gasteiger partial charge on any atom is -0.464 e. The van der Waals surface area contributed by atoms with Gasteiger partial charge < -0.3 is 9.30 Å². The first-order chi connectivity index (χ1) is 7.24. The summed E-state index contributed by atoms with van der Waals surface area (Å²) in [5.74, 6) is -0.245. The highest BCUT2D eigenvalue weighted by Crippen LogP contribution is 2.13. The Morgan fingerprint density at radius 1 is 1.33 bits per heavy atom. The van der Waals surface area contributed by atoms with Gasteiger partial charge in [-0.3, -0.25) is 0 Å². The molecular weight excluding hydrogens is 190 g/mol. The van der Waals surface area contributed by atoms with Crippen molar-refractivity contribution in [2.45, 2.75) is 39.7 Å². The van der Waals surface area contributed by atoms with Gasteiger partial charge in [0.1, 0.15) is 5.69 Å². The van der Waals surface area contributed by atoms with Crippen LogP contribution in [0.1, 0.15) is 42.9 Å². The van der Waals surface area contributed by atoms with Gasteiger partial charge in [0, 0.05) is 12.2 Å². The smallest absolute Gasteiger partial charge is 0.354 e. The Hall–Kier alpha value is -1.25. The van der Waals surface area contributed by atoms with Crippen molar-refractivity contribution in [3.8, 4) is 0 Å². The van der Waals surface area contributed by atoms with Gasteiger partial charge in [-0.1, -0.05) is 20.3 Å². The maximum Gasteiger partial charge on any atom is 0.354 e. The molecule has 84 valence electrons. The fourth-order valence-corrected chi connectivity index (χ4v) is 1.75. The summed E-state index contributed by atoms with van der Waals surface area (Å²) in [5, 5.41) is 0. The zero-order chi connectivity index (χ0) is 11.3. The molecule has 3 heteroatoms. The van der Waals surface area contributed by atoms with Crippen molar-refractivity contribution in [3.63, 3.8) is 0 Å². The number of hydrogen-bond acceptors (Lipinski definition) is 2. The van der Waals surface area contributed by atoms with E-state index in [1.165, 1.54) is 12.8 Å². The van der Waals surface area contributed by atoms with Gasteiger partial charge in [0.2, 0.25) is 0 Å². The summed E-state index contributed by atoms with van der Waals surface area (Å²) in [5.41, 5.74) is 1.89. The molecule has 15 heavy (non-hydrogen) atoms. The second-order valence-electron chi connectivity index (χ2n) is 3.60. The fraction of sp³-hybridized carbons (Fsp3) is 0.583. The van der Waals surface area contributed by atoms with Crippen LogP contribution in [0.25, 0.3) is 0 Å². The van der Waals surface area contributed by atoms with Crippen LogP contribution >= 0.6 is 0 Å². The number of esters is 1. The van der Waals surface area contributed by atoms with Crippen molar-refractivity contribution < 1.29 is 9.53 Å². The van der Waals surface area contributed by atoms with Crippen LogP contribution in [0.2, 0.25) is 0 Å². The van der Waals surface area contributed by atoms with Gasteiger partial charge in [-0.2, -0.15) is 0 Å². The molecule has 0 atom stereocenters. The van der Waals surface area contributed by atoms with E-state index >= 15 is 0 Å². The summed E-state index contributed by atoms with van der Waals surface area (Å²) >= 11 is 0. The molecular formula is C12H19NO2. The molecule has 1 rings (SSSR count). The highest BCUT2D eigenvalue weighted by molar-refractivity contribution is 5.87. The molecule has 1 aromatic heterocycles. The average molecular weight is 209 g/mol.